The van der Waals surface area contributed by atoms with E-state index in [9.17, 15) is 4.79 Å². The summed E-state index contributed by atoms with van der Waals surface area (Å²) in [5.74, 6) is -0.0854. The quantitative estimate of drug-likeness (QED) is 0.527. The molecule has 4 heteroatoms. The largest absolute Gasteiger partial charge is 0.466 e. The molecule has 4 nitrogen and oxygen atoms in total. The summed E-state index contributed by atoms with van der Waals surface area (Å²) in [7, 11) is 0. The Kier molecular flexibility index (Phi) is 5.61. The maximum atomic E-state index is 11.0. The first-order chi connectivity index (χ1) is 7.74. The number of hydrogen-bond acceptors (Lipinski definition) is 3. The van der Waals surface area contributed by atoms with Crippen LogP contribution in [0.1, 0.15) is 38.3 Å². The highest BCUT2D eigenvalue weighted by molar-refractivity contribution is 5.69. The molecule has 0 N–H and O–H groups in total. The van der Waals surface area contributed by atoms with Gasteiger partial charge in [0.15, 0.2) is 0 Å². The highest BCUT2D eigenvalue weighted by Gasteiger charge is 2.01. The summed E-state index contributed by atoms with van der Waals surface area (Å²) < 4.78 is 6.85. The third kappa shape index (κ3) is 4.47. The molecule has 0 spiro atoms. The highest BCUT2D eigenvalue weighted by Crippen LogP contribution is 2.04. The normalized spacial score (nSPS) is 10.4. The van der Waals surface area contributed by atoms with E-state index in [1.165, 1.54) is 5.69 Å². The van der Waals surface area contributed by atoms with Crippen molar-refractivity contribution in [3.8, 4) is 0 Å². The number of unbranched alkanes of at least 4 members (excludes halogenated alkanes) is 2. The van der Waals surface area contributed by atoms with Crippen molar-refractivity contribution in [2.45, 2.75) is 46.1 Å². The molecule has 0 aliphatic heterocycles. The molecule has 0 atom stereocenters. The zero-order valence-electron chi connectivity index (χ0n) is 10.1. The second-order valence-corrected chi connectivity index (χ2v) is 3.81. The Hall–Kier alpha value is -1.32. The summed E-state index contributed by atoms with van der Waals surface area (Å²) in [6.45, 7) is 5.29. The molecule has 0 aliphatic carbocycles. The predicted octanol–water partition coefficient (Wildman–Crippen LogP) is 2.32. The van der Waals surface area contributed by atoms with Crippen molar-refractivity contribution in [2.75, 3.05) is 6.61 Å². The van der Waals surface area contributed by atoms with Crippen molar-refractivity contribution in [3.05, 3.63) is 18.0 Å². The molecular formula is C12H20N2O2. The van der Waals surface area contributed by atoms with Gasteiger partial charge in [0, 0.05) is 24.9 Å². The fourth-order valence-electron chi connectivity index (χ4n) is 1.57. The van der Waals surface area contributed by atoms with Crippen LogP contribution in [0.5, 0.6) is 0 Å². The highest BCUT2D eigenvalue weighted by atomic mass is 16.5. The molecule has 0 fully saturated rings. The van der Waals surface area contributed by atoms with Crippen molar-refractivity contribution in [1.82, 2.24) is 9.78 Å². The number of nitrogens with zero attached hydrogens (tertiary/aromatic N) is 2. The van der Waals surface area contributed by atoms with E-state index in [-0.39, 0.29) is 5.97 Å². The molecule has 0 amide bonds. The first kappa shape index (κ1) is 12.7. The van der Waals surface area contributed by atoms with Crippen LogP contribution in [0.4, 0.5) is 0 Å². The van der Waals surface area contributed by atoms with Crippen molar-refractivity contribution >= 4 is 5.97 Å². The van der Waals surface area contributed by atoms with E-state index in [0.29, 0.717) is 13.0 Å². The minimum Gasteiger partial charge on any atom is -0.466 e. The SMILES string of the molecule is CCOC(=O)CCCCCn1nccc1C. The van der Waals surface area contributed by atoms with Crippen molar-refractivity contribution < 1.29 is 9.53 Å². The molecule has 0 bridgehead atoms. The van der Waals surface area contributed by atoms with Gasteiger partial charge in [0.1, 0.15) is 0 Å². The molecule has 0 unspecified atom stereocenters. The van der Waals surface area contributed by atoms with Gasteiger partial charge >= 0.3 is 5.97 Å². The van der Waals surface area contributed by atoms with Crippen molar-refractivity contribution in [3.63, 3.8) is 0 Å². The number of aryl methyl sites for hydroxylation is 2. The van der Waals surface area contributed by atoms with Crippen LogP contribution in [0.25, 0.3) is 0 Å². The zero-order chi connectivity index (χ0) is 11.8. The average Bonchev–Trinajstić information content (AvgIpc) is 2.64. The van der Waals surface area contributed by atoms with E-state index in [1.807, 2.05) is 30.8 Å². The Morgan fingerprint density at radius 3 is 2.88 bits per heavy atom. The molecule has 0 radical (unpaired) electrons. The third-order valence-electron chi connectivity index (χ3n) is 2.49. The lowest BCUT2D eigenvalue weighted by Gasteiger charge is -2.04. The fraction of sp³-hybridized carbons (Fsp3) is 0.667. The summed E-state index contributed by atoms with van der Waals surface area (Å²) in [6.07, 6.45) is 5.35. The van der Waals surface area contributed by atoms with Gasteiger partial charge in [0.2, 0.25) is 0 Å². The number of rotatable bonds is 7. The molecule has 1 heterocycles. The molecule has 16 heavy (non-hydrogen) atoms. The predicted molar refractivity (Wildman–Crippen MR) is 62.1 cm³/mol. The maximum absolute atomic E-state index is 11.0. The van der Waals surface area contributed by atoms with E-state index in [4.69, 9.17) is 4.74 Å². The molecule has 90 valence electrons. The van der Waals surface area contributed by atoms with Gasteiger partial charge in [-0.05, 0) is 32.8 Å². The Balaban J connectivity index is 2.04. The monoisotopic (exact) mass is 224 g/mol. The van der Waals surface area contributed by atoms with Gasteiger partial charge in [0.25, 0.3) is 0 Å². The molecule has 1 aromatic rings. The smallest absolute Gasteiger partial charge is 0.305 e. The van der Waals surface area contributed by atoms with E-state index < -0.39 is 0 Å². The van der Waals surface area contributed by atoms with Crippen LogP contribution in [0.2, 0.25) is 0 Å². The Bertz CT molecular complexity index is 321. The van der Waals surface area contributed by atoms with Gasteiger partial charge in [-0.2, -0.15) is 5.10 Å². The lowest BCUT2D eigenvalue weighted by Crippen LogP contribution is -2.04. The van der Waals surface area contributed by atoms with Crippen molar-refractivity contribution in [2.24, 2.45) is 0 Å². The van der Waals surface area contributed by atoms with Crippen LogP contribution in [0.15, 0.2) is 12.3 Å². The Morgan fingerprint density at radius 1 is 1.44 bits per heavy atom. The summed E-state index contributed by atoms with van der Waals surface area (Å²) in [6, 6.07) is 2.00. The maximum Gasteiger partial charge on any atom is 0.305 e. The molecule has 0 aromatic carbocycles. The Morgan fingerprint density at radius 2 is 2.25 bits per heavy atom. The van der Waals surface area contributed by atoms with Gasteiger partial charge in [-0.15, -0.1) is 0 Å². The number of ether oxygens (including phenoxy) is 1. The molecule has 0 saturated carbocycles. The molecule has 1 aromatic heterocycles. The lowest BCUT2D eigenvalue weighted by atomic mass is 10.2. The van der Waals surface area contributed by atoms with Crippen LogP contribution in [-0.4, -0.2) is 22.4 Å². The average molecular weight is 224 g/mol. The van der Waals surface area contributed by atoms with Crippen LogP contribution >= 0.6 is 0 Å². The number of carbonyl (C=O) groups excluding carboxylic acids is 1. The van der Waals surface area contributed by atoms with Gasteiger partial charge in [0.05, 0.1) is 6.61 Å². The minimum absolute atomic E-state index is 0.0854. The molecule has 0 aliphatic rings. The lowest BCUT2D eigenvalue weighted by molar-refractivity contribution is -0.143. The topological polar surface area (TPSA) is 44.1 Å². The summed E-state index contributed by atoms with van der Waals surface area (Å²) in [5.41, 5.74) is 1.19. The first-order valence-corrected chi connectivity index (χ1v) is 5.88. The second kappa shape index (κ2) is 7.04. The van der Waals surface area contributed by atoms with Gasteiger partial charge in [-0.3, -0.25) is 9.48 Å². The van der Waals surface area contributed by atoms with Gasteiger partial charge < -0.3 is 4.74 Å². The van der Waals surface area contributed by atoms with Crippen LogP contribution < -0.4 is 0 Å². The number of carbonyl (C=O) groups is 1. The van der Waals surface area contributed by atoms with Crippen LogP contribution in [0, 0.1) is 6.92 Å². The summed E-state index contributed by atoms with van der Waals surface area (Å²) in [4.78, 5) is 11.0. The zero-order valence-corrected chi connectivity index (χ0v) is 10.1. The van der Waals surface area contributed by atoms with E-state index >= 15 is 0 Å². The standard InChI is InChI=1S/C12H20N2O2/c1-3-16-12(15)7-5-4-6-10-14-11(2)8-9-13-14/h8-9H,3-7,10H2,1-2H3. The molecular weight excluding hydrogens is 204 g/mol. The van der Waals surface area contributed by atoms with Crippen molar-refractivity contribution in [1.29, 1.82) is 0 Å². The third-order valence-corrected chi connectivity index (χ3v) is 2.49. The number of hydrogen-bond donors (Lipinski definition) is 0. The second-order valence-electron chi connectivity index (χ2n) is 3.81. The first-order valence-electron chi connectivity index (χ1n) is 5.88. The fourth-order valence-corrected chi connectivity index (χ4v) is 1.57. The summed E-state index contributed by atoms with van der Waals surface area (Å²) >= 11 is 0. The van der Waals surface area contributed by atoms with E-state index in [0.717, 1.165) is 25.8 Å². The van der Waals surface area contributed by atoms with E-state index in [2.05, 4.69) is 5.10 Å². The number of aromatic nitrogens is 2. The van der Waals surface area contributed by atoms with Gasteiger partial charge in [-0.1, -0.05) is 6.42 Å². The van der Waals surface area contributed by atoms with Crippen LogP contribution in [-0.2, 0) is 16.1 Å². The Labute approximate surface area is 96.6 Å². The molecule has 1 rings (SSSR count). The summed E-state index contributed by atoms with van der Waals surface area (Å²) in [5, 5.41) is 4.20. The molecule has 0 saturated heterocycles. The minimum atomic E-state index is -0.0854. The number of esters is 1. The van der Waals surface area contributed by atoms with Crippen LogP contribution in [0.3, 0.4) is 0 Å². The van der Waals surface area contributed by atoms with E-state index in [1.54, 1.807) is 0 Å². The van der Waals surface area contributed by atoms with Gasteiger partial charge in [-0.25, -0.2) is 0 Å².